The van der Waals surface area contributed by atoms with Crippen molar-refractivity contribution in [2.75, 3.05) is 13.1 Å². The Morgan fingerprint density at radius 1 is 1.24 bits per heavy atom. The molecular formula is C14H21N3O4. The summed E-state index contributed by atoms with van der Waals surface area (Å²) in [5, 5.41) is 16.9. The third kappa shape index (κ3) is 3.60. The van der Waals surface area contributed by atoms with Crippen LogP contribution in [0, 0.1) is 17.8 Å². The van der Waals surface area contributed by atoms with E-state index in [1.807, 2.05) is 0 Å². The van der Waals surface area contributed by atoms with Crippen LogP contribution in [0.3, 0.4) is 0 Å². The van der Waals surface area contributed by atoms with Gasteiger partial charge in [0.15, 0.2) is 0 Å². The van der Waals surface area contributed by atoms with Crippen molar-refractivity contribution >= 4 is 17.9 Å². The molecule has 0 aromatic rings. The monoisotopic (exact) mass is 295 g/mol. The summed E-state index contributed by atoms with van der Waals surface area (Å²) in [6, 6.07) is -0.757. The summed E-state index contributed by atoms with van der Waals surface area (Å²) < 4.78 is 0. The minimum Gasteiger partial charge on any atom is -0.481 e. The zero-order valence-electron chi connectivity index (χ0n) is 11.8. The number of rotatable bonds is 6. The highest BCUT2D eigenvalue weighted by atomic mass is 16.4. The summed E-state index contributed by atoms with van der Waals surface area (Å²) in [6.07, 6.45) is 4.38. The molecule has 0 aromatic heterocycles. The van der Waals surface area contributed by atoms with E-state index in [9.17, 15) is 19.5 Å². The van der Waals surface area contributed by atoms with Crippen LogP contribution in [0.15, 0.2) is 12.7 Å². The molecule has 0 spiro atoms. The summed E-state index contributed by atoms with van der Waals surface area (Å²) in [7, 11) is 0. The highest BCUT2D eigenvalue weighted by Crippen LogP contribution is 2.48. The molecule has 4 N–H and O–H groups in total. The van der Waals surface area contributed by atoms with E-state index in [0.717, 1.165) is 19.3 Å². The molecule has 4 atom stereocenters. The van der Waals surface area contributed by atoms with Crippen LogP contribution in [0.4, 0.5) is 4.79 Å². The zero-order valence-corrected chi connectivity index (χ0v) is 11.8. The molecular weight excluding hydrogens is 274 g/mol. The summed E-state index contributed by atoms with van der Waals surface area (Å²) in [4.78, 5) is 34.3. The van der Waals surface area contributed by atoms with Gasteiger partial charge in [-0.25, -0.2) is 4.79 Å². The number of hydrogen-bond acceptors (Lipinski definition) is 4. The van der Waals surface area contributed by atoms with E-state index in [2.05, 4.69) is 22.5 Å². The van der Waals surface area contributed by atoms with E-state index in [1.165, 1.54) is 6.08 Å². The first-order valence-electron chi connectivity index (χ1n) is 7.17. The van der Waals surface area contributed by atoms with Gasteiger partial charge in [-0.2, -0.15) is 0 Å². The van der Waals surface area contributed by atoms with Crippen LogP contribution in [0.1, 0.15) is 19.3 Å². The van der Waals surface area contributed by atoms with E-state index in [1.54, 1.807) is 0 Å². The Hall–Kier alpha value is -1.89. The third-order valence-electron chi connectivity index (χ3n) is 4.36. The quantitative estimate of drug-likeness (QED) is 0.519. The van der Waals surface area contributed by atoms with Crippen molar-refractivity contribution in [3.8, 4) is 0 Å². The van der Waals surface area contributed by atoms with Crippen molar-refractivity contribution in [3.63, 3.8) is 0 Å². The maximum atomic E-state index is 11.6. The van der Waals surface area contributed by atoms with Crippen molar-refractivity contribution in [1.29, 1.82) is 0 Å². The second-order valence-corrected chi connectivity index (χ2v) is 5.65. The Bertz CT molecular complexity index is 452. The van der Waals surface area contributed by atoms with Crippen molar-refractivity contribution < 1.29 is 19.5 Å². The number of nitrogens with one attached hydrogen (secondary N) is 3. The minimum atomic E-state index is -0.802. The lowest BCUT2D eigenvalue weighted by atomic mass is 9.84. The molecule has 7 heteroatoms. The molecule has 2 aliphatic carbocycles. The molecule has 2 aliphatic rings. The number of imide groups is 1. The second-order valence-electron chi connectivity index (χ2n) is 5.65. The topological polar surface area (TPSA) is 108 Å². The van der Waals surface area contributed by atoms with E-state index in [4.69, 9.17) is 0 Å². The van der Waals surface area contributed by atoms with Gasteiger partial charge in [-0.05, 0) is 31.1 Å². The number of amides is 3. The lowest BCUT2D eigenvalue weighted by Crippen LogP contribution is -2.49. The predicted molar refractivity (Wildman–Crippen MR) is 75.5 cm³/mol. The molecule has 0 radical (unpaired) electrons. The molecule has 0 heterocycles. The number of carboxylic acid groups (broad SMARTS) is 1. The number of carboxylic acids is 1. The molecule has 0 aliphatic heterocycles. The molecule has 4 unspecified atom stereocenters. The van der Waals surface area contributed by atoms with Crippen molar-refractivity contribution in [2.24, 2.45) is 17.8 Å². The molecule has 2 bridgehead atoms. The van der Waals surface area contributed by atoms with Gasteiger partial charge in [0.2, 0.25) is 5.91 Å². The van der Waals surface area contributed by atoms with Crippen LogP contribution in [0.2, 0.25) is 0 Å². The SMILES string of the molecule is C=CCNC(=O)NC(=O)CNC1C2CCC(C2)C1C(=O)O. The van der Waals surface area contributed by atoms with E-state index in [0.29, 0.717) is 5.92 Å². The molecule has 2 rings (SSSR count). The second kappa shape index (κ2) is 6.71. The van der Waals surface area contributed by atoms with Gasteiger partial charge in [0.25, 0.3) is 0 Å². The normalized spacial score (nSPS) is 29.9. The van der Waals surface area contributed by atoms with Crippen LogP contribution < -0.4 is 16.0 Å². The van der Waals surface area contributed by atoms with Crippen molar-refractivity contribution in [1.82, 2.24) is 16.0 Å². The maximum absolute atomic E-state index is 11.6. The standard InChI is InChI=1S/C14H21N3O4/c1-2-5-15-14(21)17-10(18)7-16-12-9-4-3-8(6-9)11(12)13(19)20/h2,8-9,11-12,16H,1,3-7H2,(H,19,20)(H2,15,17,18,21). The molecule has 3 amide bonds. The Labute approximate surface area is 123 Å². The summed E-state index contributed by atoms with van der Waals surface area (Å²) in [6.45, 7) is 3.67. The molecule has 7 nitrogen and oxygen atoms in total. The van der Waals surface area contributed by atoms with Crippen molar-refractivity contribution in [3.05, 3.63) is 12.7 Å². The largest absolute Gasteiger partial charge is 0.481 e. The Balaban J connectivity index is 1.79. The third-order valence-corrected chi connectivity index (χ3v) is 4.36. The van der Waals surface area contributed by atoms with Crippen LogP contribution in [0.25, 0.3) is 0 Å². The number of fused-ring (bicyclic) bond motifs is 2. The number of hydrogen-bond donors (Lipinski definition) is 4. The number of urea groups is 1. The van der Waals surface area contributed by atoms with Gasteiger partial charge in [-0.1, -0.05) is 6.08 Å². The van der Waals surface area contributed by atoms with Crippen LogP contribution >= 0.6 is 0 Å². The first-order chi connectivity index (χ1) is 10.0. The van der Waals surface area contributed by atoms with Gasteiger partial charge in [0.1, 0.15) is 0 Å². The number of carbonyl (C=O) groups is 3. The Morgan fingerprint density at radius 2 is 1.95 bits per heavy atom. The fourth-order valence-corrected chi connectivity index (χ4v) is 3.53. The average Bonchev–Trinajstić information content (AvgIpc) is 3.03. The summed E-state index contributed by atoms with van der Waals surface area (Å²) in [5.41, 5.74) is 0. The van der Waals surface area contributed by atoms with Gasteiger partial charge < -0.3 is 15.7 Å². The van der Waals surface area contributed by atoms with E-state index >= 15 is 0 Å². The van der Waals surface area contributed by atoms with Gasteiger partial charge in [-0.15, -0.1) is 6.58 Å². The number of carbonyl (C=O) groups excluding carboxylic acids is 2. The average molecular weight is 295 g/mol. The lowest BCUT2D eigenvalue weighted by molar-refractivity contribution is -0.144. The number of aliphatic carboxylic acids is 1. The fourth-order valence-electron chi connectivity index (χ4n) is 3.53. The fraction of sp³-hybridized carbons (Fsp3) is 0.643. The molecule has 21 heavy (non-hydrogen) atoms. The maximum Gasteiger partial charge on any atom is 0.321 e. The van der Waals surface area contributed by atoms with Crippen molar-refractivity contribution in [2.45, 2.75) is 25.3 Å². The van der Waals surface area contributed by atoms with Gasteiger partial charge in [0.05, 0.1) is 12.5 Å². The minimum absolute atomic E-state index is 0.0564. The van der Waals surface area contributed by atoms with Gasteiger partial charge in [0, 0.05) is 12.6 Å². The molecule has 0 aromatic carbocycles. The lowest BCUT2D eigenvalue weighted by Gasteiger charge is -2.28. The molecule has 2 saturated carbocycles. The smallest absolute Gasteiger partial charge is 0.321 e. The Morgan fingerprint density at radius 3 is 2.62 bits per heavy atom. The predicted octanol–water partition coefficient (Wildman–Crippen LogP) is 0.0871. The zero-order chi connectivity index (χ0) is 15.4. The first kappa shape index (κ1) is 15.5. The summed E-state index contributed by atoms with van der Waals surface area (Å²) >= 11 is 0. The van der Waals surface area contributed by atoms with E-state index in [-0.39, 0.29) is 25.0 Å². The van der Waals surface area contributed by atoms with Gasteiger partial charge >= 0.3 is 12.0 Å². The highest BCUT2D eigenvalue weighted by molar-refractivity contribution is 5.95. The van der Waals surface area contributed by atoms with Crippen LogP contribution in [-0.4, -0.2) is 42.1 Å². The first-order valence-corrected chi connectivity index (χ1v) is 7.17. The van der Waals surface area contributed by atoms with Gasteiger partial charge in [-0.3, -0.25) is 14.9 Å². The Kier molecular flexibility index (Phi) is 4.95. The summed E-state index contributed by atoms with van der Waals surface area (Å²) in [5.74, 6) is -1.17. The highest BCUT2D eigenvalue weighted by Gasteiger charge is 2.50. The van der Waals surface area contributed by atoms with Crippen LogP contribution in [0.5, 0.6) is 0 Å². The molecule has 2 fully saturated rings. The van der Waals surface area contributed by atoms with E-state index < -0.39 is 23.8 Å². The molecule has 0 saturated heterocycles. The molecule has 116 valence electrons. The van der Waals surface area contributed by atoms with Crippen LogP contribution in [-0.2, 0) is 9.59 Å².